The van der Waals surface area contributed by atoms with E-state index in [2.05, 4.69) is 0 Å². The molecule has 0 amide bonds. The summed E-state index contributed by atoms with van der Waals surface area (Å²) in [4.78, 5) is 0. The van der Waals surface area contributed by atoms with E-state index in [9.17, 15) is 13.2 Å². The van der Waals surface area contributed by atoms with Gasteiger partial charge in [0, 0.05) is 0 Å². The fraction of sp³-hybridized carbons (Fsp3) is 0.538. The summed E-state index contributed by atoms with van der Waals surface area (Å²) >= 11 is 0. The summed E-state index contributed by atoms with van der Waals surface area (Å²) in [6, 6.07) is 5.71. The monoisotopic (exact) mass is 232 g/mol. The van der Waals surface area contributed by atoms with Gasteiger partial charge >= 0.3 is 0 Å². The van der Waals surface area contributed by atoms with Crippen LogP contribution in [-0.2, 0) is 5.41 Å². The molecule has 0 bridgehead atoms. The van der Waals surface area contributed by atoms with Crippen LogP contribution in [0.1, 0.15) is 39.7 Å². The van der Waals surface area contributed by atoms with Crippen molar-refractivity contribution in [3.05, 3.63) is 35.6 Å². The van der Waals surface area contributed by atoms with E-state index in [-0.39, 0.29) is 12.0 Å². The molecule has 0 aromatic heterocycles. The summed E-state index contributed by atoms with van der Waals surface area (Å²) in [5, 5.41) is 0. The third-order valence-electron chi connectivity index (χ3n) is 2.71. The Labute approximate surface area is 95.5 Å². The van der Waals surface area contributed by atoms with Crippen molar-refractivity contribution in [2.24, 2.45) is 0 Å². The zero-order valence-corrected chi connectivity index (χ0v) is 10.2. The fourth-order valence-corrected chi connectivity index (χ4v) is 1.39. The van der Waals surface area contributed by atoms with Gasteiger partial charge < -0.3 is 0 Å². The van der Waals surface area contributed by atoms with E-state index in [0.717, 1.165) is 0 Å². The van der Waals surface area contributed by atoms with Crippen LogP contribution < -0.4 is 0 Å². The van der Waals surface area contributed by atoms with Crippen molar-refractivity contribution in [2.75, 3.05) is 0 Å². The maximum Gasteiger partial charge on any atom is 0.247 e. The second-order valence-electron chi connectivity index (χ2n) is 3.55. The average Bonchev–Trinajstić information content (AvgIpc) is 2.31. The van der Waals surface area contributed by atoms with Gasteiger partial charge in [0.1, 0.15) is 5.82 Å². The van der Waals surface area contributed by atoms with Gasteiger partial charge in [-0.2, -0.15) is 0 Å². The molecule has 0 spiro atoms. The largest absolute Gasteiger partial charge is 0.247 e. The molecule has 16 heavy (non-hydrogen) atoms. The van der Waals surface area contributed by atoms with Crippen molar-refractivity contribution in [3.8, 4) is 0 Å². The zero-order valence-electron chi connectivity index (χ0n) is 10.2. The van der Waals surface area contributed by atoms with Crippen molar-refractivity contribution < 1.29 is 13.2 Å². The Hall–Kier alpha value is -0.990. The average molecular weight is 232 g/mol. The number of benzene rings is 1. The van der Waals surface area contributed by atoms with Crippen LogP contribution in [0.2, 0.25) is 0 Å². The lowest BCUT2D eigenvalue weighted by Gasteiger charge is -2.28. The molecule has 3 heteroatoms. The Kier molecular flexibility index (Phi) is 6.16. The van der Waals surface area contributed by atoms with E-state index in [1.807, 2.05) is 13.8 Å². The van der Waals surface area contributed by atoms with Gasteiger partial charge in [-0.25, -0.2) is 13.2 Å². The number of hydrogen-bond acceptors (Lipinski definition) is 0. The van der Waals surface area contributed by atoms with Crippen LogP contribution in [0, 0.1) is 5.82 Å². The quantitative estimate of drug-likeness (QED) is 0.703. The molecule has 0 heterocycles. The van der Waals surface area contributed by atoms with Crippen molar-refractivity contribution in [2.45, 2.75) is 46.0 Å². The van der Waals surface area contributed by atoms with Crippen LogP contribution in [0.15, 0.2) is 24.3 Å². The van der Waals surface area contributed by atoms with Crippen molar-refractivity contribution >= 4 is 0 Å². The molecule has 0 saturated carbocycles. The first kappa shape index (κ1) is 15.0. The van der Waals surface area contributed by atoms with Crippen molar-refractivity contribution in [1.82, 2.24) is 0 Å². The van der Waals surface area contributed by atoms with Gasteiger partial charge in [0.25, 0.3) is 0 Å². The van der Waals surface area contributed by atoms with Gasteiger partial charge in [-0.3, -0.25) is 0 Å². The molecule has 0 aliphatic carbocycles. The molecule has 0 N–H and O–H groups in total. The topological polar surface area (TPSA) is 0 Å². The van der Waals surface area contributed by atoms with Crippen LogP contribution in [0.5, 0.6) is 0 Å². The summed E-state index contributed by atoms with van der Waals surface area (Å²) < 4.78 is 38.9. The van der Waals surface area contributed by atoms with Crippen LogP contribution in [0.4, 0.5) is 13.2 Å². The number of hydrogen-bond donors (Lipinski definition) is 0. The van der Waals surface area contributed by atoms with Crippen LogP contribution in [-0.4, -0.2) is 6.43 Å². The minimum Gasteiger partial charge on any atom is -0.210 e. The first-order valence-corrected chi connectivity index (χ1v) is 5.55. The highest BCUT2D eigenvalue weighted by Gasteiger charge is 2.36. The molecule has 0 unspecified atom stereocenters. The minimum absolute atomic E-state index is 0.0949. The van der Waals surface area contributed by atoms with Gasteiger partial charge in [-0.1, -0.05) is 39.0 Å². The summed E-state index contributed by atoms with van der Waals surface area (Å²) in [5.41, 5.74) is -1.29. The van der Waals surface area contributed by atoms with Gasteiger partial charge in [-0.05, 0) is 25.0 Å². The highest BCUT2D eigenvalue weighted by Crippen LogP contribution is 2.35. The van der Waals surface area contributed by atoms with Crippen molar-refractivity contribution in [1.29, 1.82) is 0 Å². The summed E-state index contributed by atoms with van der Waals surface area (Å²) in [6.45, 7) is 7.02. The molecule has 1 aromatic carbocycles. The maximum absolute atomic E-state index is 13.3. The summed E-state index contributed by atoms with van der Waals surface area (Å²) in [6.07, 6.45) is -2.34. The predicted octanol–water partition coefficient (Wildman–Crippen LogP) is 4.78. The summed E-state index contributed by atoms with van der Waals surface area (Å²) in [5.74, 6) is -0.558. The van der Waals surface area contributed by atoms with E-state index >= 15 is 0 Å². The Morgan fingerprint density at radius 1 is 1.19 bits per heavy atom. The molecule has 0 radical (unpaired) electrons. The van der Waals surface area contributed by atoms with Gasteiger partial charge in [0.15, 0.2) is 0 Å². The Bertz CT molecular complexity index is 310. The molecule has 0 nitrogen and oxygen atoms in total. The lowest BCUT2D eigenvalue weighted by molar-refractivity contribution is 0.0546. The Balaban J connectivity index is 0.00000106. The molecular formula is C13H19F3. The molecule has 1 rings (SSSR count). The van der Waals surface area contributed by atoms with Gasteiger partial charge in [-0.15, -0.1) is 0 Å². The molecule has 1 aromatic rings. The first-order chi connectivity index (χ1) is 7.52. The second kappa shape index (κ2) is 6.56. The Morgan fingerprint density at radius 3 is 2.06 bits per heavy atom. The smallest absolute Gasteiger partial charge is 0.210 e. The molecule has 1 atom stereocenters. The lowest BCUT2D eigenvalue weighted by atomic mass is 9.80. The zero-order chi connectivity index (χ0) is 12.8. The van der Waals surface area contributed by atoms with Crippen LogP contribution in [0.3, 0.4) is 0 Å². The lowest BCUT2D eigenvalue weighted by Crippen LogP contribution is -2.31. The number of alkyl halides is 2. The highest BCUT2D eigenvalue weighted by molar-refractivity contribution is 5.27. The van der Waals surface area contributed by atoms with E-state index in [0.29, 0.717) is 0 Å². The summed E-state index contributed by atoms with van der Waals surface area (Å²) in [7, 11) is 0. The number of rotatable bonds is 3. The minimum atomic E-state index is -2.55. The molecular weight excluding hydrogens is 213 g/mol. The fourth-order valence-electron chi connectivity index (χ4n) is 1.39. The SMILES string of the molecule is CC.CC[C@@](C)(c1ccccc1F)C(F)F. The normalized spacial score (nSPS) is 14.0. The number of halogens is 3. The Morgan fingerprint density at radius 2 is 1.69 bits per heavy atom. The highest BCUT2D eigenvalue weighted by atomic mass is 19.3. The molecule has 0 fully saturated rings. The predicted molar refractivity (Wildman–Crippen MR) is 61.4 cm³/mol. The van der Waals surface area contributed by atoms with Crippen LogP contribution in [0.25, 0.3) is 0 Å². The van der Waals surface area contributed by atoms with E-state index < -0.39 is 17.7 Å². The first-order valence-electron chi connectivity index (χ1n) is 5.55. The van der Waals surface area contributed by atoms with E-state index in [1.54, 1.807) is 13.0 Å². The molecule has 0 aliphatic rings. The maximum atomic E-state index is 13.3. The molecule has 0 aliphatic heterocycles. The van der Waals surface area contributed by atoms with Crippen molar-refractivity contribution in [3.63, 3.8) is 0 Å². The van der Waals surface area contributed by atoms with Gasteiger partial charge in [0.2, 0.25) is 6.43 Å². The standard InChI is InChI=1S/C11H13F3.C2H6/c1-3-11(2,10(13)14)8-6-4-5-7-9(8)12;1-2/h4-7,10H,3H2,1-2H3;1-2H3/t11-;/m0./s1. The third kappa shape index (κ3) is 3.00. The van der Waals surface area contributed by atoms with Gasteiger partial charge in [0.05, 0.1) is 5.41 Å². The molecule has 0 saturated heterocycles. The second-order valence-corrected chi connectivity index (χ2v) is 3.55. The van der Waals surface area contributed by atoms with Crippen LogP contribution >= 0.6 is 0 Å². The van der Waals surface area contributed by atoms with E-state index in [1.165, 1.54) is 25.1 Å². The van der Waals surface area contributed by atoms with E-state index in [4.69, 9.17) is 0 Å². The molecule has 92 valence electrons. The third-order valence-corrected chi connectivity index (χ3v) is 2.71.